The third-order valence-corrected chi connectivity index (χ3v) is 6.25. The van der Waals surface area contributed by atoms with Crippen molar-refractivity contribution < 1.29 is 4.79 Å². The van der Waals surface area contributed by atoms with Gasteiger partial charge in [-0.15, -0.1) is 0 Å². The Hall–Kier alpha value is -3.19. The highest BCUT2D eigenvalue weighted by Crippen LogP contribution is 2.23. The second kappa shape index (κ2) is 7.81. The normalized spacial score (nSPS) is 17.2. The summed E-state index contributed by atoms with van der Waals surface area (Å²) in [5, 5.41) is 3.58. The summed E-state index contributed by atoms with van der Waals surface area (Å²) in [4.78, 5) is 35.0. The molecule has 2 fully saturated rings. The molecule has 7 nitrogen and oxygen atoms in total. The Kier molecular flexibility index (Phi) is 4.98. The molecule has 0 spiro atoms. The first-order valence-corrected chi connectivity index (χ1v) is 10.9. The Labute approximate surface area is 181 Å². The SMILES string of the molecule is Cc1ccc(C(=O)NC2CC2)cc1-n1cnc2cc(N3CCN(C)CC3)ccc2c1=O. The van der Waals surface area contributed by atoms with Gasteiger partial charge in [-0.05, 0) is 62.7 Å². The summed E-state index contributed by atoms with van der Waals surface area (Å²) < 4.78 is 1.54. The maximum atomic E-state index is 13.3. The predicted molar refractivity (Wildman–Crippen MR) is 122 cm³/mol. The van der Waals surface area contributed by atoms with E-state index in [0.29, 0.717) is 22.2 Å². The Bertz CT molecular complexity index is 1210. The summed E-state index contributed by atoms with van der Waals surface area (Å²) in [6.07, 6.45) is 3.65. The van der Waals surface area contributed by atoms with Crippen molar-refractivity contribution in [3.8, 4) is 5.69 Å². The largest absolute Gasteiger partial charge is 0.369 e. The second-order valence-electron chi connectivity index (χ2n) is 8.66. The molecule has 1 saturated carbocycles. The molecular weight excluding hydrogens is 390 g/mol. The molecule has 31 heavy (non-hydrogen) atoms. The highest BCUT2D eigenvalue weighted by atomic mass is 16.1. The lowest BCUT2D eigenvalue weighted by molar-refractivity contribution is 0.0951. The molecule has 1 amide bonds. The fourth-order valence-corrected chi connectivity index (χ4v) is 4.05. The van der Waals surface area contributed by atoms with E-state index in [9.17, 15) is 9.59 Å². The van der Waals surface area contributed by atoms with Crippen molar-refractivity contribution >= 4 is 22.5 Å². The predicted octanol–water partition coefficient (Wildman–Crippen LogP) is 2.34. The van der Waals surface area contributed by atoms with Crippen molar-refractivity contribution in [1.82, 2.24) is 19.8 Å². The molecule has 0 bridgehead atoms. The van der Waals surface area contributed by atoms with Crippen LogP contribution in [0.25, 0.3) is 16.6 Å². The van der Waals surface area contributed by atoms with E-state index < -0.39 is 0 Å². The van der Waals surface area contributed by atoms with E-state index in [1.165, 1.54) is 0 Å². The van der Waals surface area contributed by atoms with Gasteiger partial charge in [0.1, 0.15) is 6.33 Å². The van der Waals surface area contributed by atoms with Gasteiger partial charge in [0.2, 0.25) is 0 Å². The van der Waals surface area contributed by atoms with Crippen molar-refractivity contribution in [2.24, 2.45) is 0 Å². The smallest absolute Gasteiger partial charge is 0.265 e. The van der Waals surface area contributed by atoms with Gasteiger partial charge < -0.3 is 15.1 Å². The topological polar surface area (TPSA) is 70.5 Å². The van der Waals surface area contributed by atoms with Crippen LogP contribution in [0.2, 0.25) is 0 Å². The van der Waals surface area contributed by atoms with Crippen LogP contribution in [-0.4, -0.2) is 59.6 Å². The van der Waals surface area contributed by atoms with E-state index in [0.717, 1.165) is 50.3 Å². The molecule has 1 aliphatic carbocycles. The average Bonchev–Trinajstić information content (AvgIpc) is 3.59. The number of amides is 1. The molecule has 7 heteroatoms. The van der Waals surface area contributed by atoms with Crippen LogP contribution in [0.15, 0.2) is 47.5 Å². The third kappa shape index (κ3) is 3.93. The van der Waals surface area contributed by atoms with Crippen LogP contribution in [0.4, 0.5) is 5.69 Å². The van der Waals surface area contributed by atoms with Gasteiger partial charge in [-0.1, -0.05) is 6.07 Å². The highest BCUT2D eigenvalue weighted by molar-refractivity contribution is 5.95. The summed E-state index contributed by atoms with van der Waals surface area (Å²) in [6, 6.07) is 11.6. The van der Waals surface area contributed by atoms with Crippen molar-refractivity contribution in [3.05, 3.63) is 64.2 Å². The number of hydrogen-bond donors (Lipinski definition) is 1. The lowest BCUT2D eigenvalue weighted by Crippen LogP contribution is -2.44. The van der Waals surface area contributed by atoms with Crippen molar-refractivity contribution in [2.45, 2.75) is 25.8 Å². The van der Waals surface area contributed by atoms with E-state index in [1.54, 1.807) is 23.0 Å². The molecule has 3 aromatic rings. The minimum absolute atomic E-state index is 0.0950. The molecule has 5 rings (SSSR count). The van der Waals surface area contributed by atoms with E-state index >= 15 is 0 Å². The molecule has 1 aliphatic heterocycles. The molecule has 2 heterocycles. The quantitative estimate of drug-likeness (QED) is 0.706. The molecule has 0 atom stereocenters. The fourth-order valence-electron chi connectivity index (χ4n) is 4.05. The molecule has 2 aromatic carbocycles. The van der Waals surface area contributed by atoms with Crippen LogP contribution < -0.4 is 15.8 Å². The van der Waals surface area contributed by atoms with Crippen LogP contribution >= 0.6 is 0 Å². The number of aromatic nitrogens is 2. The number of anilines is 1. The zero-order chi connectivity index (χ0) is 21.5. The first-order valence-electron chi connectivity index (χ1n) is 10.9. The number of likely N-dealkylation sites (N-methyl/N-ethyl adjacent to an activating group) is 1. The van der Waals surface area contributed by atoms with Crippen LogP contribution in [0.1, 0.15) is 28.8 Å². The van der Waals surface area contributed by atoms with Crippen LogP contribution in [0.3, 0.4) is 0 Å². The summed E-state index contributed by atoms with van der Waals surface area (Å²) in [7, 11) is 2.13. The molecule has 0 unspecified atom stereocenters. The number of carbonyl (C=O) groups is 1. The van der Waals surface area contributed by atoms with Gasteiger partial charge in [0.05, 0.1) is 16.6 Å². The van der Waals surface area contributed by atoms with E-state index in [-0.39, 0.29) is 17.5 Å². The second-order valence-corrected chi connectivity index (χ2v) is 8.66. The van der Waals surface area contributed by atoms with Gasteiger partial charge in [0.15, 0.2) is 0 Å². The van der Waals surface area contributed by atoms with Crippen LogP contribution in [0, 0.1) is 6.92 Å². The van der Waals surface area contributed by atoms with Gasteiger partial charge >= 0.3 is 0 Å². The van der Waals surface area contributed by atoms with Gasteiger partial charge in [-0.25, -0.2) is 4.98 Å². The maximum absolute atomic E-state index is 13.3. The Morgan fingerprint density at radius 2 is 1.84 bits per heavy atom. The molecule has 1 aromatic heterocycles. The van der Waals surface area contributed by atoms with Gasteiger partial charge in [-0.3, -0.25) is 14.2 Å². The summed E-state index contributed by atoms with van der Waals surface area (Å²) in [5.74, 6) is -0.0950. The highest BCUT2D eigenvalue weighted by Gasteiger charge is 2.24. The monoisotopic (exact) mass is 417 g/mol. The summed E-state index contributed by atoms with van der Waals surface area (Å²) in [5.41, 5.74) is 3.83. The molecular formula is C24H27N5O2. The van der Waals surface area contributed by atoms with Crippen LogP contribution in [-0.2, 0) is 0 Å². The number of hydrogen-bond acceptors (Lipinski definition) is 5. The number of rotatable bonds is 4. The Morgan fingerprint density at radius 3 is 2.58 bits per heavy atom. The number of piperazine rings is 1. The fraction of sp³-hybridized carbons (Fsp3) is 0.375. The number of fused-ring (bicyclic) bond motifs is 1. The van der Waals surface area contributed by atoms with E-state index in [2.05, 4.69) is 27.1 Å². The van der Waals surface area contributed by atoms with Gasteiger partial charge in [0.25, 0.3) is 11.5 Å². The minimum Gasteiger partial charge on any atom is -0.369 e. The number of nitrogens with zero attached hydrogens (tertiary/aromatic N) is 4. The summed E-state index contributed by atoms with van der Waals surface area (Å²) in [6.45, 7) is 5.92. The first-order chi connectivity index (χ1) is 15.0. The number of nitrogens with one attached hydrogen (secondary N) is 1. The Balaban J connectivity index is 1.49. The lowest BCUT2D eigenvalue weighted by atomic mass is 10.1. The third-order valence-electron chi connectivity index (χ3n) is 6.25. The average molecular weight is 418 g/mol. The number of carbonyl (C=O) groups excluding carboxylic acids is 1. The van der Waals surface area contributed by atoms with Crippen molar-refractivity contribution in [3.63, 3.8) is 0 Å². The molecule has 0 radical (unpaired) electrons. The van der Waals surface area contributed by atoms with E-state index in [4.69, 9.17) is 0 Å². The number of aryl methyl sites for hydroxylation is 1. The Morgan fingerprint density at radius 1 is 1.06 bits per heavy atom. The van der Waals surface area contributed by atoms with Crippen LogP contribution in [0.5, 0.6) is 0 Å². The first kappa shape index (κ1) is 19.8. The van der Waals surface area contributed by atoms with Gasteiger partial charge in [-0.2, -0.15) is 0 Å². The minimum atomic E-state index is -0.127. The van der Waals surface area contributed by atoms with Crippen molar-refractivity contribution in [1.29, 1.82) is 0 Å². The zero-order valence-electron chi connectivity index (χ0n) is 18.0. The molecule has 1 N–H and O–H groups in total. The van der Waals surface area contributed by atoms with E-state index in [1.807, 2.05) is 31.2 Å². The van der Waals surface area contributed by atoms with Gasteiger partial charge in [0, 0.05) is 43.5 Å². The molecule has 2 aliphatic rings. The molecule has 1 saturated heterocycles. The lowest BCUT2D eigenvalue weighted by Gasteiger charge is -2.34. The zero-order valence-corrected chi connectivity index (χ0v) is 18.0. The maximum Gasteiger partial charge on any atom is 0.265 e. The standard InChI is InChI=1S/C24H27N5O2/c1-16-3-4-17(23(30)26-18-5-6-18)13-22(16)29-15-25-21-14-19(7-8-20(21)24(29)31)28-11-9-27(2)10-12-28/h3-4,7-8,13-15,18H,5-6,9-12H2,1-2H3,(H,26,30). The molecule has 160 valence electrons. The summed E-state index contributed by atoms with van der Waals surface area (Å²) >= 11 is 0. The van der Waals surface area contributed by atoms with Crippen molar-refractivity contribution in [2.75, 3.05) is 38.1 Å². The number of benzene rings is 2.